The Bertz CT molecular complexity index is 333. The lowest BCUT2D eigenvalue weighted by Gasteiger charge is -1.99. The van der Waals surface area contributed by atoms with Gasteiger partial charge in [0.1, 0.15) is 0 Å². The number of rotatable bonds is 6. The lowest BCUT2D eigenvalue weighted by Crippen LogP contribution is -1.98. The first-order chi connectivity index (χ1) is 7.58. The second-order valence-electron chi connectivity index (χ2n) is 4.99. The molecule has 0 aliphatic rings. The lowest BCUT2D eigenvalue weighted by molar-refractivity contribution is 0.562. The maximum Gasteiger partial charge on any atom is 0.0829 e. The van der Waals surface area contributed by atoms with E-state index in [9.17, 15) is 0 Å². The fourth-order valence-corrected chi connectivity index (χ4v) is 1.60. The third-order valence-corrected chi connectivity index (χ3v) is 2.35. The lowest BCUT2D eigenvalue weighted by atomic mass is 10.1. The van der Waals surface area contributed by atoms with Crippen molar-refractivity contribution in [2.75, 3.05) is 0 Å². The first kappa shape index (κ1) is 12.9. The number of nitrogens with zero attached hydrogens (tertiary/aromatic N) is 3. The maximum atomic E-state index is 4.17. The Hall–Kier alpha value is -1.12. The number of hydrogen-bond acceptors (Lipinski definition) is 2. The Morgan fingerprint density at radius 1 is 1.44 bits per heavy atom. The third-order valence-electron chi connectivity index (χ3n) is 2.35. The zero-order chi connectivity index (χ0) is 12.0. The van der Waals surface area contributed by atoms with Gasteiger partial charge >= 0.3 is 0 Å². The Balaban J connectivity index is 2.32. The molecule has 0 aliphatic heterocycles. The number of aryl methyl sites for hydroxylation is 1. The molecule has 3 nitrogen and oxygen atoms in total. The molecule has 1 aromatic heterocycles. The van der Waals surface area contributed by atoms with Gasteiger partial charge in [0.2, 0.25) is 0 Å². The maximum absolute atomic E-state index is 4.17. The average molecular weight is 221 g/mol. The van der Waals surface area contributed by atoms with Gasteiger partial charge in [-0.15, -0.1) is 5.10 Å². The Morgan fingerprint density at radius 2 is 2.19 bits per heavy atom. The molecule has 0 aliphatic carbocycles. The molecule has 0 N–H and O–H groups in total. The van der Waals surface area contributed by atoms with Gasteiger partial charge in [0, 0.05) is 12.7 Å². The van der Waals surface area contributed by atoms with Gasteiger partial charge in [-0.25, -0.2) is 0 Å². The van der Waals surface area contributed by atoms with Crippen LogP contribution in [-0.4, -0.2) is 15.0 Å². The van der Waals surface area contributed by atoms with Crippen LogP contribution in [0.4, 0.5) is 0 Å². The highest BCUT2D eigenvalue weighted by atomic mass is 15.4. The summed E-state index contributed by atoms with van der Waals surface area (Å²) in [5.41, 5.74) is 2.50. The fourth-order valence-electron chi connectivity index (χ4n) is 1.60. The molecule has 0 atom stereocenters. The molecule has 3 heteroatoms. The van der Waals surface area contributed by atoms with Crippen LogP contribution in [0.15, 0.2) is 17.8 Å². The van der Waals surface area contributed by atoms with Crippen molar-refractivity contribution < 1.29 is 0 Å². The zero-order valence-electron chi connectivity index (χ0n) is 10.9. The molecule has 0 fully saturated rings. The molecule has 0 saturated carbocycles. The molecule has 0 spiro atoms. The highest BCUT2D eigenvalue weighted by Gasteiger charge is 2.02. The molecule has 0 bridgehead atoms. The van der Waals surface area contributed by atoms with E-state index >= 15 is 0 Å². The Kier molecular flexibility index (Phi) is 5.23. The number of unbranched alkanes of at least 4 members (excludes halogenated alkanes) is 1. The van der Waals surface area contributed by atoms with Crippen LogP contribution in [-0.2, 0) is 13.0 Å². The Labute approximate surface area is 98.6 Å². The van der Waals surface area contributed by atoms with Gasteiger partial charge < -0.3 is 0 Å². The molecule has 90 valence electrons. The van der Waals surface area contributed by atoms with Crippen LogP contribution in [0.2, 0.25) is 0 Å². The summed E-state index contributed by atoms with van der Waals surface area (Å²) in [6.07, 6.45) is 7.62. The summed E-state index contributed by atoms with van der Waals surface area (Å²) in [5, 5.41) is 8.30. The van der Waals surface area contributed by atoms with E-state index in [0.29, 0.717) is 5.92 Å². The summed E-state index contributed by atoms with van der Waals surface area (Å²) in [7, 11) is 0. The largest absolute Gasteiger partial charge is 0.252 e. The summed E-state index contributed by atoms with van der Waals surface area (Å²) in [5.74, 6) is 0.649. The van der Waals surface area contributed by atoms with Crippen molar-refractivity contribution in [3.8, 4) is 0 Å². The number of hydrogen-bond donors (Lipinski definition) is 0. The van der Waals surface area contributed by atoms with Crippen LogP contribution in [0.1, 0.15) is 46.2 Å². The van der Waals surface area contributed by atoms with Crippen molar-refractivity contribution in [2.45, 2.75) is 53.5 Å². The molecule has 0 saturated heterocycles. The van der Waals surface area contributed by atoms with E-state index in [0.717, 1.165) is 31.5 Å². The summed E-state index contributed by atoms with van der Waals surface area (Å²) in [4.78, 5) is 0. The van der Waals surface area contributed by atoms with E-state index in [1.54, 1.807) is 0 Å². The van der Waals surface area contributed by atoms with E-state index in [1.807, 2.05) is 4.68 Å². The molecular weight excluding hydrogens is 198 g/mol. The van der Waals surface area contributed by atoms with Crippen molar-refractivity contribution in [3.05, 3.63) is 23.5 Å². The van der Waals surface area contributed by atoms with Gasteiger partial charge in [0.25, 0.3) is 0 Å². The number of allylic oxidation sites excluding steroid dienone is 2. The van der Waals surface area contributed by atoms with Crippen molar-refractivity contribution in [2.24, 2.45) is 5.92 Å². The predicted molar refractivity (Wildman–Crippen MR) is 67.2 cm³/mol. The molecule has 0 unspecified atom stereocenters. The molecule has 0 amide bonds. The fraction of sp³-hybridized carbons (Fsp3) is 0.692. The van der Waals surface area contributed by atoms with Crippen LogP contribution >= 0.6 is 0 Å². The van der Waals surface area contributed by atoms with E-state index in [2.05, 4.69) is 50.3 Å². The zero-order valence-corrected chi connectivity index (χ0v) is 10.9. The van der Waals surface area contributed by atoms with Crippen LogP contribution in [0, 0.1) is 5.92 Å². The van der Waals surface area contributed by atoms with E-state index < -0.39 is 0 Å². The SMILES string of the molecule is CC(C)=CCCCn1cc(CC(C)C)nn1. The predicted octanol–water partition coefficient (Wildman–Crippen LogP) is 3.22. The molecular formula is C13H23N3. The van der Waals surface area contributed by atoms with Crippen molar-refractivity contribution in [3.63, 3.8) is 0 Å². The van der Waals surface area contributed by atoms with Gasteiger partial charge in [-0.05, 0) is 39.0 Å². The minimum Gasteiger partial charge on any atom is -0.252 e. The summed E-state index contributed by atoms with van der Waals surface area (Å²) >= 11 is 0. The molecule has 0 radical (unpaired) electrons. The van der Waals surface area contributed by atoms with Gasteiger partial charge in [-0.3, -0.25) is 4.68 Å². The molecule has 0 aromatic carbocycles. The second-order valence-corrected chi connectivity index (χ2v) is 4.99. The summed E-state index contributed by atoms with van der Waals surface area (Å²) in [6.45, 7) is 9.64. The van der Waals surface area contributed by atoms with Crippen molar-refractivity contribution in [1.82, 2.24) is 15.0 Å². The average Bonchev–Trinajstić information content (AvgIpc) is 2.59. The van der Waals surface area contributed by atoms with Gasteiger partial charge in [0.15, 0.2) is 0 Å². The van der Waals surface area contributed by atoms with Crippen LogP contribution in [0.3, 0.4) is 0 Å². The summed E-state index contributed by atoms with van der Waals surface area (Å²) in [6, 6.07) is 0. The monoisotopic (exact) mass is 221 g/mol. The molecule has 16 heavy (non-hydrogen) atoms. The first-order valence-electron chi connectivity index (χ1n) is 6.10. The highest BCUT2D eigenvalue weighted by Crippen LogP contribution is 2.05. The van der Waals surface area contributed by atoms with Crippen LogP contribution in [0.25, 0.3) is 0 Å². The first-order valence-corrected chi connectivity index (χ1v) is 6.10. The van der Waals surface area contributed by atoms with E-state index in [1.165, 1.54) is 5.57 Å². The summed E-state index contributed by atoms with van der Waals surface area (Å²) < 4.78 is 1.95. The molecule has 1 aromatic rings. The van der Waals surface area contributed by atoms with Gasteiger partial charge in [-0.1, -0.05) is 30.7 Å². The highest BCUT2D eigenvalue weighted by molar-refractivity contribution is 4.94. The minimum atomic E-state index is 0.649. The topological polar surface area (TPSA) is 30.7 Å². The third kappa shape index (κ3) is 5.10. The van der Waals surface area contributed by atoms with Crippen molar-refractivity contribution >= 4 is 0 Å². The molecule has 1 heterocycles. The van der Waals surface area contributed by atoms with Gasteiger partial charge in [-0.2, -0.15) is 0 Å². The van der Waals surface area contributed by atoms with Crippen molar-refractivity contribution in [1.29, 1.82) is 0 Å². The Morgan fingerprint density at radius 3 is 2.81 bits per heavy atom. The van der Waals surface area contributed by atoms with E-state index in [4.69, 9.17) is 0 Å². The molecule has 1 rings (SSSR count). The quantitative estimate of drug-likeness (QED) is 0.545. The van der Waals surface area contributed by atoms with Gasteiger partial charge in [0.05, 0.1) is 5.69 Å². The smallest absolute Gasteiger partial charge is 0.0829 e. The standard InChI is InChI=1S/C13H23N3/c1-11(2)7-5-6-8-16-10-13(14-15-16)9-12(3)4/h7,10,12H,5-6,8-9H2,1-4H3. The van der Waals surface area contributed by atoms with Crippen LogP contribution in [0.5, 0.6) is 0 Å². The van der Waals surface area contributed by atoms with Crippen LogP contribution < -0.4 is 0 Å². The normalized spacial score (nSPS) is 10.8. The van der Waals surface area contributed by atoms with E-state index in [-0.39, 0.29) is 0 Å². The number of aromatic nitrogens is 3. The second kappa shape index (κ2) is 6.46. The minimum absolute atomic E-state index is 0.649.